The van der Waals surface area contributed by atoms with Gasteiger partial charge in [-0.15, -0.1) is 11.3 Å². The zero-order valence-electron chi connectivity index (χ0n) is 16.6. The first-order valence-electron chi connectivity index (χ1n) is 10.0. The molecule has 0 spiro atoms. The van der Waals surface area contributed by atoms with E-state index in [1.165, 1.54) is 4.88 Å². The Morgan fingerprint density at radius 1 is 1.00 bits per heavy atom. The third-order valence-corrected chi connectivity index (χ3v) is 6.58. The number of hydrogen-bond donors (Lipinski definition) is 3. The summed E-state index contributed by atoms with van der Waals surface area (Å²) >= 11 is 1.72. The molecule has 0 atom stereocenters. The van der Waals surface area contributed by atoms with Gasteiger partial charge in [-0.3, -0.25) is 14.4 Å². The van der Waals surface area contributed by atoms with Crippen LogP contribution in [0.4, 0.5) is 5.69 Å². The molecule has 3 N–H and O–H groups in total. The van der Waals surface area contributed by atoms with E-state index < -0.39 is 11.8 Å². The van der Waals surface area contributed by atoms with Gasteiger partial charge in [-0.05, 0) is 48.4 Å². The maximum absolute atomic E-state index is 12.2. The first kappa shape index (κ1) is 21.0. The minimum atomic E-state index is -0.825. The summed E-state index contributed by atoms with van der Waals surface area (Å²) in [6.07, 6.45) is 5.32. The van der Waals surface area contributed by atoms with Crippen molar-refractivity contribution in [3.63, 3.8) is 0 Å². The van der Waals surface area contributed by atoms with E-state index in [1.54, 1.807) is 23.5 Å². The van der Waals surface area contributed by atoms with Crippen LogP contribution < -0.4 is 16.0 Å². The highest BCUT2D eigenvalue weighted by atomic mass is 32.1. The molecule has 3 amide bonds. The van der Waals surface area contributed by atoms with Crippen LogP contribution in [0, 0.1) is 0 Å². The lowest BCUT2D eigenvalue weighted by Gasteiger charge is -2.28. The van der Waals surface area contributed by atoms with Gasteiger partial charge in [0.25, 0.3) is 0 Å². The molecular formula is C22H27N3O3S. The molecule has 1 fully saturated rings. The van der Waals surface area contributed by atoms with Crippen LogP contribution in [-0.4, -0.2) is 30.8 Å². The number of hydrogen-bond acceptors (Lipinski definition) is 4. The van der Waals surface area contributed by atoms with E-state index in [0.29, 0.717) is 12.2 Å². The number of carbonyl (C=O) groups is 3. The van der Waals surface area contributed by atoms with Crippen molar-refractivity contribution >= 4 is 34.7 Å². The van der Waals surface area contributed by atoms with Gasteiger partial charge >= 0.3 is 11.8 Å². The quantitative estimate of drug-likeness (QED) is 0.610. The van der Waals surface area contributed by atoms with Gasteiger partial charge in [0.15, 0.2) is 0 Å². The van der Waals surface area contributed by atoms with Crippen molar-refractivity contribution in [3.05, 3.63) is 52.2 Å². The van der Waals surface area contributed by atoms with Gasteiger partial charge in [0.05, 0.1) is 6.54 Å². The summed E-state index contributed by atoms with van der Waals surface area (Å²) in [5, 5.41) is 9.92. The van der Waals surface area contributed by atoms with Gasteiger partial charge in [0.2, 0.25) is 5.91 Å². The number of anilines is 1. The summed E-state index contributed by atoms with van der Waals surface area (Å²) < 4.78 is 0. The van der Waals surface area contributed by atoms with Crippen molar-refractivity contribution in [1.29, 1.82) is 0 Å². The third kappa shape index (κ3) is 5.44. The number of amides is 3. The fourth-order valence-electron chi connectivity index (χ4n) is 3.73. The highest BCUT2D eigenvalue weighted by molar-refractivity contribution is 7.10. The number of rotatable bonds is 7. The zero-order valence-corrected chi connectivity index (χ0v) is 17.4. The molecule has 0 bridgehead atoms. The molecule has 1 heterocycles. The van der Waals surface area contributed by atoms with Crippen LogP contribution in [0.1, 0.15) is 43.0 Å². The second-order valence-electron chi connectivity index (χ2n) is 7.43. The van der Waals surface area contributed by atoms with Crippen LogP contribution in [0.2, 0.25) is 0 Å². The third-order valence-electron chi connectivity index (χ3n) is 5.46. The van der Waals surface area contributed by atoms with Crippen LogP contribution >= 0.6 is 11.3 Å². The van der Waals surface area contributed by atoms with Crippen molar-refractivity contribution in [2.24, 2.45) is 0 Å². The second kappa shape index (κ2) is 9.69. The molecule has 1 aliphatic rings. The summed E-state index contributed by atoms with van der Waals surface area (Å²) in [6.45, 7) is 2.38. The fraction of sp³-hybridized carbons (Fsp3) is 0.409. The molecule has 6 nitrogen and oxygen atoms in total. The van der Waals surface area contributed by atoms with E-state index in [2.05, 4.69) is 27.4 Å². The Bertz CT molecular complexity index is 841. The lowest BCUT2D eigenvalue weighted by atomic mass is 9.84. The van der Waals surface area contributed by atoms with Crippen LogP contribution in [0.3, 0.4) is 0 Å². The maximum Gasteiger partial charge on any atom is 0.313 e. The van der Waals surface area contributed by atoms with E-state index in [9.17, 15) is 14.4 Å². The predicted molar refractivity (Wildman–Crippen MR) is 115 cm³/mol. The monoisotopic (exact) mass is 413 g/mol. The molecule has 1 aromatic heterocycles. The van der Waals surface area contributed by atoms with E-state index in [1.807, 2.05) is 25.1 Å². The summed E-state index contributed by atoms with van der Waals surface area (Å²) in [6, 6.07) is 11.5. The smallest absolute Gasteiger partial charge is 0.313 e. The lowest BCUT2D eigenvalue weighted by Crippen LogP contribution is -2.45. The van der Waals surface area contributed by atoms with Gasteiger partial charge in [-0.2, -0.15) is 0 Å². The molecular weight excluding hydrogens is 386 g/mol. The molecule has 1 saturated carbocycles. The van der Waals surface area contributed by atoms with Gasteiger partial charge in [-0.1, -0.05) is 38.0 Å². The molecule has 1 aromatic carbocycles. The number of thiophene rings is 1. The Balaban J connectivity index is 1.44. The Morgan fingerprint density at radius 2 is 1.72 bits per heavy atom. The number of nitrogens with one attached hydrogen (secondary N) is 3. The molecule has 3 rings (SSSR count). The van der Waals surface area contributed by atoms with Crippen molar-refractivity contribution in [2.45, 2.75) is 44.4 Å². The van der Waals surface area contributed by atoms with Crippen molar-refractivity contribution in [2.75, 3.05) is 18.4 Å². The topological polar surface area (TPSA) is 87.3 Å². The largest absolute Gasteiger partial charge is 0.354 e. The number of aryl methyl sites for hydroxylation is 1. The Labute approximate surface area is 175 Å². The molecule has 0 aliphatic heterocycles. The highest BCUT2D eigenvalue weighted by Crippen LogP contribution is 2.42. The first-order valence-corrected chi connectivity index (χ1v) is 10.9. The minimum Gasteiger partial charge on any atom is -0.354 e. The normalized spacial score (nSPS) is 14.9. The average molecular weight is 414 g/mol. The van der Waals surface area contributed by atoms with Crippen LogP contribution in [0.5, 0.6) is 0 Å². The van der Waals surface area contributed by atoms with Gasteiger partial charge in [0, 0.05) is 22.5 Å². The summed E-state index contributed by atoms with van der Waals surface area (Å²) in [4.78, 5) is 37.5. The minimum absolute atomic E-state index is 0.00410. The Morgan fingerprint density at radius 3 is 2.34 bits per heavy atom. The fourth-order valence-corrected chi connectivity index (χ4v) is 4.71. The Hall–Kier alpha value is -2.67. The van der Waals surface area contributed by atoms with E-state index >= 15 is 0 Å². The van der Waals surface area contributed by atoms with Crippen molar-refractivity contribution in [3.8, 4) is 0 Å². The lowest BCUT2D eigenvalue weighted by molar-refractivity contribution is -0.136. The molecule has 0 unspecified atom stereocenters. The Kier molecular flexibility index (Phi) is 7.04. The molecule has 29 heavy (non-hydrogen) atoms. The van der Waals surface area contributed by atoms with E-state index in [-0.39, 0.29) is 17.9 Å². The SMILES string of the molecule is CCc1ccc(NC(=O)C(=O)NCC(=O)NCC2(c3cccs3)CCCC2)cc1. The summed E-state index contributed by atoms with van der Waals surface area (Å²) in [5.74, 6) is -1.90. The summed E-state index contributed by atoms with van der Waals surface area (Å²) in [5.41, 5.74) is 1.69. The molecule has 154 valence electrons. The van der Waals surface area contributed by atoms with Gasteiger partial charge < -0.3 is 16.0 Å². The van der Waals surface area contributed by atoms with Gasteiger partial charge in [-0.25, -0.2) is 0 Å². The number of carbonyl (C=O) groups excluding carboxylic acids is 3. The molecule has 7 heteroatoms. The first-order chi connectivity index (χ1) is 14.0. The van der Waals surface area contributed by atoms with Crippen molar-refractivity contribution < 1.29 is 14.4 Å². The second-order valence-corrected chi connectivity index (χ2v) is 8.38. The average Bonchev–Trinajstić information content (AvgIpc) is 3.43. The molecule has 2 aromatic rings. The zero-order chi connectivity index (χ0) is 20.7. The van der Waals surface area contributed by atoms with Crippen LogP contribution in [0.15, 0.2) is 41.8 Å². The van der Waals surface area contributed by atoms with Crippen LogP contribution in [0.25, 0.3) is 0 Å². The van der Waals surface area contributed by atoms with Gasteiger partial charge in [0.1, 0.15) is 0 Å². The maximum atomic E-state index is 12.2. The standard InChI is InChI=1S/C22H27N3O3S/c1-2-16-7-9-17(10-8-16)25-21(28)20(27)23-14-19(26)24-15-22(11-3-4-12-22)18-6-5-13-29-18/h5-10,13H,2-4,11-12,14-15H2,1H3,(H,23,27)(H,24,26)(H,25,28). The molecule has 1 aliphatic carbocycles. The summed E-state index contributed by atoms with van der Waals surface area (Å²) in [7, 11) is 0. The number of benzene rings is 1. The van der Waals surface area contributed by atoms with Crippen LogP contribution in [-0.2, 0) is 26.2 Å². The predicted octanol–water partition coefficient (Wildman–Crippen LogP) is 2.99. The molecule has 0 radical (unpaired) electrons. The molecule has 0 saturated heterocycles. The van der Waals surface area contributed by atoms with E-state index in [4.69, 9.17) is 0 Å². The van der Waals surface area contributed by atoms with Crippen molar-refractivity contribution in [1.82, 2.24) is 10.6 Å². The van der Waals surface area contributed by atoms with E-state index in [0.717, 1.165) is 37.7 Å². The highest BCUT2D eigenvalue weighted by Gasteiger charge is 2.36.